The van der Waals surface area contributed by atoms with Crippen LogP contribution in [0.5, 0.6) is 5.75 Å². The molecule has 0 bridgehead atoms. The molecule has 3 rings (SSSR count). The van der Waals surface area contributed by atoms with Gasteiger partial charge < -0.3 is 0 Å². The molecule has 0 spiro atoms. The number of halogens is 6. The predicted octanol–water partition coefficient (Wildman–Crippen LogP) is 5.45. The number of nitrogens with zero attached hydrogens (tertiary/aromatic N) is 2. The fourth-order valence-corrected chi connectivity index (χ4v) is 5.72. The van der Waals surface area contributed by atoms with Crippen molar-refractivity contribution in [2.24, 2.45) is 8.20 Å². The molecule has 7 nitrogen and oxygen atoms in total. The minimum absolute atomic E-state index is 0.143. The van der Waals surface area contributed by atoms with E-state index < -0.39 is 38.3 Å². The van der Waals surface area contributed by atoms with Crippen LogP contribution in [0.2, 0.25) is 0 Å². The van der Waals surface area contributed by atoms with E-state index in [-0.39, 0.29) is 24.2 Å². The summed E-state index contributed by atoms with van der Waals surface area (Å²) < 4.78 is 86.4. The molecule has 1 aromatic carbocycles. The van der Waals surface area contributed by atoms with Crippen LogP contribution in [0.3, 0.4) is 0 Å². The third-order valence-corrected chi connectivity index (χ3v) is 7.44. The number of rotatable bonds is 8. The van der Waals surface area contributed by atoms with Crippen molar-refractivity contribution in [2.75, 3.05) is 20.3 Å². The summed E-state index contributed by atoms with van der Waals surface area (Å²) in [6.45, 7) is 0.772. The molecule has 2 heterocycles. The van der Waals surface area contributed by atoms with Crippen LogP contribution in [0.4, 0.5) is 17.6 Å². The van der Waals surface area contributed by atoms with Crippen molar-refractivity contribution in [3.05, 3.63) is 62.8 Å². The number of methoxy groups -OCH3 is 1. The van der Waals surface area contributed by atoms with Gasteiger partial charge in [0, 0.05) is 0 Å². The van der Waals surface area contributed by atoms with E-state index in [9.17, 15) is 21.0 Å². The molecular formula is C21H21F4I2N3O4. The van der Waals surface area contributed by atoms with Crippen LogP contribution >= 0.6 is 43.4 Å². The summed E-state index contributed by atoms with van der Waals surface area (Å²) in [5, 5.41) is 0. The minimum atomic E-state index is -4.82. The Morgan fingerprint density at radius 2 is 2.18 bits per heavy atom. The SMILES string of the molecule is COCC/C=C(\I)C1=CC(OCC2CC=C(Oc3ccc(F)c(C(F)(F)F)c3)C=N2)=NI(O)N1. The van der Waals surface area contributed by atoms with Crippen LogP contribution in [0.1, 0.15) is 18.4 Å². The molecule has 0 saturated heterocycles. The number of hydrogen-bond acceptors (Lipinski definition) is 7. The second-order valence-corrected chi connectivity index (χ2v) is 10.6. The molecule has 0 saturated carbocycles. The number of ether oxygens (including phenoxy) is 3. The van der Waals surface area contributed by atoms with Crippen molar-refractivity contribution in [3.8, 4) is 5.75 Å². The van der Waals surface area contributed by atoms with Crippen molar-refractivity contribution >= 4 is 55.5 Å². The molecule has 0 aliphatic carbocycles. The van der Waals surface area contributed by atoms with Crippen molar-refractivity contribution in [2.45, 2.75) is 25.1 Å². The molecule has 1 aromatic rings. The van der Waals surface area contributed by atoms with Gasteiger partial charge in [-0.05, 0) is 0 Å². The van der Waals surface area contributed by atoms with E-state index in [0.717, 1.165) is 21.8 Å². The second kappa shape index (κ2) is 12.3. The molecule has 34 heavy (non-hydrogen) atoms. The van der Waals surface area contributed by atoms with Crippen LogP contribution in [0.15, 0.2) is 59.7 Å². The average Bonchev–Trinajstić information content (AvgIpc) is 2.79. The van der Waals surface area contributed by atoms with E-state index in [1.165, 1.54) is 6.21 Å². The van der Waals surface area contributed by atoms with E-state index in [4.69, 9.17) is 14.2 Å². The van der Waals surface area contributed by atoms with E-state index in [1.54, 1.807) is 19.3 Å². The normalized spacial score (nSPS) is 19.7. The summed E-state index contributed by atoms with van der Waals surface area (Å²) >= 11 is -0.581. The molecule has 0 amide bonds. The quantitative estimate of drug-likeness (QED) is 0.163. The maximum absolute atomic E-state index is 13.4. The van der Waals surface area contributed by atoms with Gasteiger partial charge >= 0.3 is 193 Å². The van der Waals surface area contributed by atoms with Gasteiger partial charge in [0.2, 0.25) is 0 Å². The van der Waals surface area contributed by atoms with Crippen LogP contribution in [-0.4, -0.2) is 41.9 Å². The molecule has 0 radical (unpaired) electrons. The molecule has 13 heteroatoms. The summed E-state index contributed by atoms with van der Waals surface area (Å²) in [5.74, 6) is -0.953. The molecule has 1 unspecified atom stereocenters. The Balaban J connectivity index is 1.55. The zero-order chi connectivity index (χ0) is 24.7. The number of dihydropyridines is 1. The van der Waals surface area contributed by atoms with Crippen molar-refractivity contribution in [1.82, 2.24) is 3.53 Å². The first-order valence-electron chi connectivity index (χ1n) is 9.87. The first-order chi connectivity index (χ1) is 16.2. The van der Waals surface area contributed by atoms with Gasteiger partial charge in [0.15, 0.2) is 0 Å². The number of benzene rings is 1. The number of aliphatic imine (C=N–C) groups is 1. The number of nitrogens with one attached hydrogen (secondary N) is 1. The molecule has 2 aliphatic rings. The molecule has 2 aliphatic heterocycles. The monoisotopic (exact) mass is 709 g/mol. The maximum atomic E-state index is 13.4. The topological polar surface area (TPSA) is 84.7 Å². The predicted molar refractivity (Wildman–Crippen MR) is 136 cm³/mol. The van der Waals surface area contributed by atoms with Gasteiger partial charge in [-0.3, -0.25) is 0 Å². The van der Waals surface area contributed by atoms with E-state index in [0.29, 0.717) is 31.1 Å². The van der Waals surface area contributed by atoms with Crippen molar-refractivity contribution in [3.63, 3.8) is 0 Å². The van der Waals surface area contributed by atoms with E-state index >= 15 is 0 Å². The van der Waals surface area contributed by atoms with Crippen LogP contribution in [-0.2, 0) is 15.7 Å². The fraction of sp³-hybridized carbons (Fsp3) is 0.333. The molecule has 186 valence electrons. The Hall–Kier alpha value is -1.72. The molecular weight excluding hydrogens is 688 g/mol. The molecule has 2 N–H and O–H groups in total. The standard InChI is InChI=1S/C21H21F4I2N3O4/c1-32-8-2-3-18(26)19-10-20(30-27(31)29-19)33-12-13-4-5-15(11-28-13)34-14-6-7-17(22)16(9-14)21(23,24)25/h3,5-7,9-11,13,29,31H,2,4,8,12H2,1H3/b18-3-. The zero-order valence-electron chi connectivity index (χ0n) is 17.8. The Morgan fingerprint density at radius 3 is 2.85 bits per heavy atom. The first kappa shape index (κ1) is 26.9. The number of hydrogen-bond donors (Lipinski definition) is 2. The Labute approximate surface area is 215 Å². The Bertz CT molecular complexity index is 1040. The van der Waals surface area contributed by atoms with Gasteiger partial charge in [-0.2, -0.15) is 13.2 Å². The molecule has 1 atom stereocenters. The van der Waals surface area contributed by atoms with Gasteiger partial charge in [0.25, 0.3) is 0 Å². The van der Waals surface area contributed by atoms with E-state index in [2.05, 4.69) is 34.3 Å². The fourth-order valence-electron chi connectivity index (χ4n) is 2.79. The van der Waals surface area contributed by atoms with Gasteiger partial charge in [-0.15, -0.1) is 0 Å². The van der Waals surface area contributed by atoms with Crippen molar-refractivity contribution in [1.29, 1.82) is 0 Å². The van der Waals surface area contributed by atoms with Crippen LogP contribution in [0.25, 0.3) is 0 Å². The average molecular weight is 709 g/mol. The van der Waals surface area contributed by atoms with Gasteiger partial charge in [0.1, 0.15) is 5.82 Å². The van der Waals surface area contributed by atoms with Crippen molar-refractivity contribution < 1.29 is 35.2 Å². The molecule has 0 aromatic heterocycles. The second-order valence-electron chi connectivity index (χ2n) is 6.98. The first-order valence-corrected chi connectivity index (χ1v) is 14.0. The third-order valence-electron chi connectivity index (χ3n) is 4.43. The number of allylic oxidation sites excluding steroid dienone is 2. The van der Waals surface area contributed by atoms with Gasteiger partial charge in [0.05, 0.1) is 0 Å². The summed E-state index contributed by atoms with van der Waals surface area (Å²) in [4.78, 5) is 4.30. The zero-order valence-corrected chi connectivity index (χ0v) is 22.1. The summed E-state index contributed by atoms with van der Waals surface area (Å²) in [5.41, 5.74) is -0.663. The van der Waals surface area contributed by atoms with E-state index in [1.807, 2.05) is 6.08 Å². The summed E-state index contributed by atoms with van der Waals surface area (Å²) in [6.07, 6.45) is 3.05. The molecule has 0 fully saturated rings. The van der Waals surface area contributed by atoms with Gasteiger partial charge in [-0.25, -0.2) is 4.39 Å². The summed E-state index contributed by atoms with van der Waals surface area (Å²) in [6, 6.07) is 2.18. The van der Waals surface area contributed by atoms with Gasteiger partial charge in [-0.1, -0.05) is 0 Å². The van der Waals surface area contributed by atoms with Crippen LogP contribution < -0.4 is 8.27 Å². The summed E-state index contributed by atoms with van der Waals surface area (Å²) in [7, 11) is 1.62. The Kier molecular flexibility index (Phi) is 9.73. The Morgan fingerprint density at radius 1 is 1.38 bits per heavy atom. The number of alkyl halides is 3. The third kappa shape index (κ3) is 7.91. The van der Waals surface area contributed by atoms with Crippen LogP contribution in [0, 0.1) is 5.82 Å².